The van der Waals surface area contributed by atoms with Gasteiger partial charge in [-0.15, -0.1) is 0 Å². The number of carbonyl (C=O) groups excluding carboxylic acids is 1. The molecule has 1 aromatic heterocycles. The maximum absolute atomic E-state index is 14.6. The number of nitrogens with zero attached hydrogens (tertiary/aromatic N) is 2. The molecule has 174 valence electrons. The number of hydrogen-bond acceptors (Lipinski definition) is 6. The Morgan fingerprint density at radius 1 is 1.06 bits per heavy atom. The van der Waals surface area contributed by atoms with Gasteiger partial charge in [-0.1, -0.05) is 23.9 Å². The number of thioether (sulfide) groups is 1. The SMILES string of the molecule is COc1ccc(OC)c(NC(=O)CSc2nc3ccccc3c(=O)n2-c2ccc(F)cc2F)c1. The summed E-state index contributed by atoms with van der Waals surface area (Å²) in [4.78, 5) is 30.3. The summed E-state index contributed by atoms with van der Waals surface area (Å²) in [6.45, 7) is 0. The van der Waals surface area contributed by atoms with Crippen LogP contribution in [0.3, 0.4) is 0 Å². The van der Waals surface area contributed by atoms with Crippen molar-refractivity contribution in [3.8, 4) is 17.2 Å². The molecular weight excluding hydrogens is 464 g/mol. The van der Waals surface area contributed by atoms with Crippen LogP contribution in [-0.4, -0.2) is 35.4 Å². The zero-order chi connectivity index (χ0) is 24.2. The highest BCUT2D eigenvalue weighted by Crippen LogP contribution is 2.29. The van der Waals surface area contributed by atoms with E-state index in [2.05, 4.69) is 10.3 Å². The molecule has 0 bridgehead atoms. The van der Waals surface area contributed by atoms with E-state index in [0.29, 0.717) is 28.8 Å². The van der Waals surface area contributed by atoms with Crippen LogP contribution >= 0.6 is 11.8 Å². The molecule has 0 saturated carbocycles. The number of benzene rings is 3. The van der Waals surface area contributed by atoms with Crippen LogP contribution in [0.15, 0.2) is 70.6 Å². The molecule has 0 radical (unpaired) electrons. The molecule has 1 heterocycles. The number of halogens is 2. The number of methoxy groups -OCH3 is 2. The van der Waals surface area contributed by atoms with Crippen molar-refractivity contribution in [2.75, 3.05) is 25.3 Å². The summed E-state index contributed by atoms with van der Waals surface area (Å²) < 4.78 is 39.6. The van der Waals surface area contributed by atoms with Crippen LogP contribution in [0.1, 0.15) is 0 Å². The number of fused-ring (bicyclic) bond motifs is 1. The summed E-state index contributed by atoms with van der Waals surface area (Å²) in [6, 6.07) is 14.5. The van der Waals surface area contributed by atoms with Gasteiger partial charge in [-0.3, -0.25) is 14.2 Å². The lowest BCUT2D eigenvalue weighted by Crippen LogP contribution is -2.24. The molecule has 0 aliphatic carbocycles. The van der Waals surface area contributed by atoms with Crippen LogP contribution in [0.2, 0.25) is 0 Å². The van der Waals surface area contributed by atoms with Gasteiger partial charge in [0.1, 0.15) is 23.1 Å². The third-order valence-electron chi connectivity index (χ3n) is 4.91. The molecular formula is C24H19F2N3O4S. The van der Waals surface area contributed by atoms with Crippen molar-refractivity contribution in [2.45, 2.75) is 5.16 Å². The van der Waals surface area contributed by atoms with Crippen LogP contribution in [0.4, 0.5) is 14.5 Å². The third-order valence-corrected chi connectivity index (χ3v) is 5.85. The van der Waals surface area contributed by atoms with Gasteiger partial charge in [0.15, 0.2) is 5.16 Å². The molecule has 7 nitrogen and oxygen atoms in total. The maximum Gasteiger partial charge on any atom is 0.266 e. The van der Waals surface area contributed by atoms with Crippen molar-refractivity contribution < 1.29 is 23.0 Å². The highest BCUT2D eigenvalue weighted by Gasteiger charge is 2.18. The molecule has 4 aromatic rings. The lowest BCUT2D eigenvalue weighted by Gasteiger charge is -2.14. The smallest absolute Gasteiger partial charge is 0.266 e. The normalized spacial score (nSPS) is 10.8. The summed E-state index contributed by atoms with van der Waals surface area (Å²) in [7, 11) is 2.98. The number of nitrogens with one attached hydrogen (secondary N) is 1. The lowest BCUT2D eigenvalue weighted by molar-refractivity contribution is -0.113. The van der Waals surface area contributed by atoms with Crippen molar-refractivity contribution >= 4 is 34.3 Å². The zero-order valence-electron chi connectivity index (χ0n) is 18.2. The summed E-state index contributed by atoms with van der Waals surface area (Å²) in [6.07, 6.45) is 0. The standard InChI is InChI=1S/C24H19F2N3O4S/c1-32-15-8-10-21(33-2)19(12-15)27-22(30)13-34-24-28-18-6-4-3-5-16(18)23(31)29(24)20-9-7-14(25)11-17(20)26/h3-12H,13H2,1-2H3,(H,27,30). The van der Waals surface area contributed by atoms with Gasteiger partial charge in [0.2, 0.25) is 5.91 Å². The van der Waals surface area contributed by atoms with Gasteiger partial charge in [-0.25, -0.2) is 13.8 Å². The average Bonchev–Trinajstić information content (AvgIpc) is 2.83. The van der Waals surface area contributed by atoms with Crippen molar-refractivity contribution in [3.63, 3.8) is 0 Å². The van der Waals surface area contributed by atoms with Gasteiger partial charge in [-0.05, 0) is 36.4 Å². The summed E-state index contributed by atoms with van der Waals surface area (Å²) in [5.74, 6) is -1.29. The minimum atomic E-state index is -0.924. The van der Waals surface area contributed by atoms with E-state index in [1.807, 2.05) is 0 Å². The molecule has 0 spiro atoms. The second-order valence-corrected chi connectivity index (χ2v) is 7.99. The molecule has 0 fully saturated rings. The van der Waals surface area contributed by atoms with Crippen molar-refractivity contribution in [3.05, 3.63) is 82.7 Å². The van der Waals surface area contributed by atoms with Gasteiger partial charge in [0.25, 0.3) is 5.56 Å². The lowest BCUT2D eigenvalue weighted by atomic mass is 10.2. The molecule has 1 amide bonds. The molecule has 1 N–H and O–H groups in total. The van der Waals surface area contributed by atoms with E-state index in [9.17, 15) is 18.4 Å². The van der Waals surface area contributed by atoms with E-state index < -0.39 is 23.1 Å². The average molecular weight is 483 g/mol. The minimum Gasteiger partial charge on any atom is -0.497 e. The van der Waals surface area contributed by atoms with E-state index in [1.54, 1.807) is 42.5 Å². The molecule has 0 atom stereocenters. The van der Waals surface area contributed by atoms with Crippen molar-refractivity contribution in [1.29, 1.82) is 0 Å². The summed E-state index contributed by atoms with van der Waals surface area (Å²) in [5, 5.41) is 3.08. The van der Waals surface area contributed by atoms with E-state index in [0.717, 1.165) is 28.5 Å². The Kier molecular flexibility index (Phi) is 6.78. The summed E-state index contributed by atoms with van der Waals surface area (Å²) in [5.41, 5.74) is 0.0973. The Balaban J connectivity index is 1.68. The quantitative estimate of drug-likeness (QED) is 0.310. The largest absolute Gasteiger partial charge is 0.497 e. The molecule has 34 heavy (non-hydrogen) atoms. The highest BCUT2D eigenvalue weighted by molar-refractivity contribution is 7.99. The van der Waals surface area contributed by atoms with Crippen LogP contribution in [-0.2, 0) is 4.79 Å². The van der Waals surface area contributed by atoms with Gasteiger partial charge >= 0.3 is 0 Å². The number of anilines is 1. The predicted octanol–water partition coefficient (Wildman–Crippen LogP) is 4.41. The van der Waals surface area contributed by atoms with Gasteiger partial charge < -0.3 is 14.8 Å². The molecule has 3 aromatic carbocycles. The Bertz CT molecular complexity index is 1440. The second kappa shape index (κ2) is 9.92. The number of ether oxygens (including phenoxy) is 2. The molecule has 4 rings (SSSR count). The first-order valence-corrected chi connectivity index (χ1v) is 11.0. The highest BCUT2D eigenvalue weighted by atomic mass is 32.2. The van der Waals surface area contributed by atoms with Crippen molar-refractivity contribution in [2.24, 2.45) is 0 Å². The minimum absolute atomic E-state index is 0.0852. The second-order valence-electron chi connectivity index (χ2n) is 7.05. The number of amides is 1. The predicted molar refractivity (Wildman–Crippen MR) is 126 cm³/mol. The summed E-state index contributed by atoms with van der Waals surface area (Å²) >= 11 is 0.942. The Morgan fingerprint density at radius 3 is 2.59 bits per heavy atom. The molecule has 0 aliphatic heterocycles. The van der Waals surface area contributed by atoms with Crippen molar-refractivity contribution in [1.82, 2.24) is 9.55 Å². The van der Waals surface area contributed by atoms with Gasteiger partial charge in [0.05, 0.1) is 42.3 Å². The van der Waals surface area contributed by atoms with Crippen LogP contribution in [0.5, 0.6) is 11.5 Å². The van der Waals surface area contributed by atoms with Gasteiger partial charge in [-0.2, -0.15) is 0 Å². The molecule has 0 saturated heterocycles. The fraction of sp³-hybridized carbons (Fsp3) is 0.125. The molecule has 10 heteroatoms. The van der Waals surface area contributed by atoms with Gasteiger partial charge in [0, 0.05) is 12.1 Å². The van der Waals surface area contributed by atoms with E-state index in [4.69, 9.17) is 9.47 Å². The Labute approximate surface area is 197 Å². The Morgan fingerprint density at radius 2 is 1.85 bits per heavy atom. The first kappa shape index (κ1) is 23.2. The topological polar surface area (TPSA) is 82.5 Å². The Hall–Kier alpha value is -3.92. The number of para-hydroxylation sites is 1. The number of carbonyl (C=O) groups is 1. The van der Waals surface area contributed by atoms with Crippen LogP contribution in [0.25, 0.3) is 16.6 Å². The van der Waals surface area contributed by atoms with Crippen LogP contribution in [0, 0.1) is 11.6 Å². The first-order valence-electron chi connectivity index (χ1n) is 10.0. The number of aromatic nitrogens is 2. The fourth-order valence-electron chi connectivity index (χ4n) is 3.31. The maximum atomic E-state index is 14.6. The van der Waals surface area contributed by atoms with Crippen LogP contribution < -0.4 is 20.3 Å². The third kappa shape index (κ3) is 4.72. The zero-order valence-corrected chi connectivity index (χ0v) is 19.0. The number of hydrogen-bond donors (Lipinski definition) is 1. The molecule has 0 aliphatic rings. The first-order chi connectivity index (χ1) is 16.4. The van der Waals surface area contributed by atoms with E-state index in [1.165, 1.54) is 14.2 Å². The monoisotopic (exact) mass is 483 g/mol. The number of rotatable bonds is 7. The molecule has 0 unspecified atom stereocenters. The fourth-order valence-corrected chi connectivity index (χ4v) is 4.12. The van der Waals surface area contributed by atoms with E-state index >= 15 is 0 Å². The van der Waals surface area contributed by atoms with E-state index in [-0.39, 0.29) is 22.0 Å².